The molecule has 0 radical (unpaired) electrons. The van der Waals surface area contributed by atoms with Crippen LogP contribution in [-0.4, -0.2) is 45.6 Å². The standard InChI is InChI=1S/C27H21BrCl2N4O4/c1-15-24(28)33-12-5-8-21(25(33)31-15)38-14-18-19(29)9-10-20(23(18)30)32(2)22(35)11-13-34-26(36)16-6-3-4-7-17(16)27(34)37/h3-10,12H,11,13-14H2,1-2H3. The van der Waals surface area contributed by atoms with Crippen LogP contribution >= 0.6 is 39.1 Å². The highest BCUT2D eigenvalue weighted by molar-refractivity contribution is 9.10. The van der Waals surface area contributed by atoms with E-state index in [1.165, 1.54) is 4.90 Å². The summed E-state index contributed by atoms with van der Waals surface area (Å²) in [5.74, 6) is -0.580. The van der Waals surface area contributed by atoms with Crippen LogP contribution in [0.1, 0.15) is 38.4 Å². The number of ether oxygens (including phenoxy) is 1. The molecular formula is C27H21BrCl2N4O4. The number of fused-ring (bicyclic) bond motifs is 2. The average molecular weight is 616 g/mol. The molecule has 0 N–H and O–H groups in total. The van der Waals surface area contributed by atoms with Crippen LogP contribution in [0.25, 0.3) is 5.65 Å². The molecule has 11 heteroatoms. The molecule has 0 bridgehead atoms. The first-order valence-electron chi connectivity index (χ1n) is 11.6. The molecule has 3 heterocycles. The number of hydrogen-bond acceptors (Lipinski definition) is 5. The van der Waals surface area contributed by atoms with Crippen molar-refractivity contribution in [3.63, 3.8) is 0 Å². The SMILES string of the molecule is Cc1nc2c(OCc3c(Cl)ccc(N(C)C(=O)CCN4C(=O)c5ccccc5C4=O)c3Cl)cccn2c1Br. The van der Waals surface area contributed by atoms with Crippen LogP contribution in [0.15, 0.2) is 59.3 Å². The second-order valence-corrected chi connectivity index (χ2v) is 10.2. The van der Waals surface area contributed by atoms with Crippen molar-refractivity contribution in [2.75, 3.05) is 18.5 Å². The summed E-state index contributed by atoms with van der Waals surface area (Å²) in [5.41, 5.74) is 3.09. The van der Waals surface area contributed by atoms with Crippen LogP contribution in [-0.2, 0) is 11.4 Å². The number of rotatable bonds is 7. The second-order valence-electron chi connectivity index (χ2n) is 8.71. The van der Waals surface area contributed by atoms with Crippen molar-refractivity contribution in [3.8, 4) is 5.75 Å². The van der Waals surface area contributed by atoms with Gasteiger partial charge in [0.15, 0.2) is 11.4 Å². The number of pyridine rings is 1. The van der Waals surface area contributed by atoms with Crippen molar-refractivity contribution in [3.05, 3.63) is 91.8 Å². The Balaban J connectivity index is 1.30. The Morgan fingerprint density at radius 3 is 2.42 bits per heavy atom. The minimum Gasteiger partial charge on any atom is -0.485 e. The van der Waals surface area contributed by atoms with E-state index in [0.29, 0.717) is 38.8 Å². The Morgan fingerprint density at radius 2 is 1.74 bits per heavy atom. The topological polar surface area (TPSA) is 84.2 Å². The van der Waals surface area contributed by atoms with Gasteiger partial charge < -0.3 is 9.64 Å². The van der Waals surface area contributed by atoms with Gasteiger partial charge in [-0.25, -0.2) is 4.98 Å². The molecule has 2 aromatic carbocycles. The zero-order valence-electron chi connectivity index (χ0n) is 20.4. The quantitative estimate of drug-likeness (QED) is 0.240. The van der Waals surface area contributed by atoms with Crippen LogP contribution in [0, 0.1) is 6.92 Å². The number of carbonyl (C=O) groups excluding carboxylic acids is 3. The maximum Gasteiger partial charge on any atom is 0.261 e. The fourth-order valence-electron chi connectivity index (χ4n) is 4.32. The molecule has 4 aromatic rings. The number of benzene rings is 2. The van der Waals surface area contributed by atoms with Gasteiger partial charge in [-0.1, -0.05) is 35.3 Å². The van der Waals surface area contributed by atoms with Gasteiger partial charge in [0.2, 0.25) is 5.91 Å². The largest absolute Gasteiger partial charge is 0.485 e. The maximum atomic E-state index is 13.0. The molecular weight excluding hydrogens is 595 g/mol. The zero-order chi connectivity index (χ0) is 27.1. The van der Waals surface area contributed by atoms with E-state index in [0.717, 1.165) is 15.2 Å². The highest BCUT2D eigenvalue weighted by atomic mass is 79.9. The Labute approximate surface area is 236 Å². The van der Waals surface area contributed by atoms with Crippen molar-refractivity contribution in [2.45, 2.75) is 20.0 Å². The summed E-state index contributed by atoms with van der Waals surface area (Å²) in [4.78, 5) is 45.3. The predicted molar refractivity (Wildman–Crippen MR) is 148 cm³/mol. The lowest BCUT2D eigenvalue weighted by molar-refractivity contribution is -0.118. The molecule has 194 valence electrons. The lowest BCUT2D eigenvalue weighted by atomic mass is 10.1. The Bertz CT molecular complexity index is 1590. The third kappa shape index (κ3) is 4.55. The van der Waals surface area contributed by atoms with Crippen LogP contribution in [0.3, 0.4) is 0 Å². The Hall–Kier alpha value is -3.40. The number of carbonyl (C=O) groups is 3. The normalized spacial score (nSPS) is 12.8. The molecule has 8 nitrogen and oxygen atoms in total. The summed E-state index contributed by atoms with van der Waals surface area (Å²) in [7, 11) is 1.58. The lowest BCUT2D eigenvalue weighted by Gasteiger charge is -2.22. The third-order valence-electron chi connectivity index (χ3n) is 6.42. The van der Waals surface area contributed by atoms with E-state index in [1.807, 2.05) is 23.6 Å². The number of anilines is 1. The monoisotopic (exact) mass is 614 g/mol. The van der Waals surface area contributed by atoms with Crippen molar-refractivity contribution in [1.29, 1.82) is 0 Å². The molecule has 2 aromatic heterocycles. The zero-order valence-corrected chi connectivity index (χ0v) is 23.5. The van der Waals surface area contributed by atoms with Gasteiger partial charge in [0, 0.05) is 36.8 Å². The van der Waals surface area contributed by atoms with Crippen molar-refractivity contribution < 1.29 is 19.1 Å². The van der Waals surface area contributed by atoms with Gasteiger partial charge >= 0.3 is 0 Å². The summed E-state index contributed by atoms with van der Waals surface area (Å²) >= 11 is 16.7. The van der Waals surface area contributed by atoms with E-state index in [1.54, 1.807) is 49.5 Å². The number of halogens is 3. The molecule has 3 amide bonds. The summed E-state index contributed by atoms with van der Waals surface area (Å²) < 4.78 is 8.74. The van der Waals surface area contributed by atoms with Crippen LogP contribution < -0.4 is 9.64 Å². The van der Waals surface area contributed by atoms with Gasteiger partial charge in [-0.05, 0) is 59.3 Å². The first-order valence-corrected chi connectivity index (χ1v) is 13.2. The van der Waals surface area contributed by atoms with Crippen molar-refractivity contribution in [1.82, 2.24) is 14.3 Å². The number of aryl methyl sites for hydroxylation is 1. The summed E-state index contributed by atoms with van der Waals surface area (Å²) in [5, 5.41) is 0.653. The van der Waals surface area contributed by atoms with Gasteiger partial charge in [0.1, 0.15) is 11.2 Å². The van der Waals surface area contributed by atoms with Gasteiger partial charge in [-0.2, -0.15) is 0 Å². The van der Waals surface area contributed by atoms with E-state index in [9.17, 15) is 14.4 Å². The molecule has 0 fully saturated rings. The number of imidazole rings is 1. The van der Waals surface area contributed by atoms with Gasteiger partial charge in [0.05, 0.1) is 27.5 Å². The van der Waals surface area contributed by atoms with Crippen LogP contribution in [0.5, 0.6) is 5.75 Å². The number of amides is 3. The molecule has 0 saturated heterocycles. The minimum atomic E-state index is -0.403. The first-order chi connectivity index (χ1) is 18.2. The lowest BCUT2D eigenvalue weighted by Crippen LogP contribution is -2.35. The van der Waals surface area contributed by atoms with Gasteiger partial charge in [-0.3, -0.25) is 23.7 Å². The van der Waals surface area contributed by atoms with Crippen molar-refractivity contribution in [2.24, 2.45) is 0 Å². The minimum absolute atomic E-state index is 0.0417. The molecule has 0 aliphatic carbocycles. The van der Waals surface area contributed by atoms with Crippen molar-refractivity contribution >= 4 is 68.2 Å². The molecule has 0 atom stereocenters. The highest BCUT2D eigenvalue weighted by Crippen LogP contribution is 2.35. The summed E-state index contributed by atoms with van der Waals surface area (Å²) in [6.07, 6.45) is 1.80. The smallest absolute Gasteiger partial charge is 0.261 e. The Morgan fingerprint density at radius 1 is 1.05 bits per heavy atom. The number of hydrogen-bond donors (Lipinski definition) is 0. The van der Waals surface area contributed by atoms with Crippen LogP contribution in [0.2, 0.25) is 10.0 Å². The summed E-state index contributed by atoms with van der Waals surface area (Å²) in [6, 6.07) is 13.5. The summed E-state index contributed by atoms with van der Waals surface area (Å²) in [6.45, 7) is 1.89. The number of aromatic nitrogens is 2. The average Bonchev–Trinajstić information content (AvgIpc) is 3.34. The van der Waals surface area contributed by atoms with Gasteiger partial charge in [-0.15, -0.1) is 0 Å². The fourth-order valence-corrected chi connectivity index (χ4v) is 5.30. The predicted octanol–water partition coefficient (Wildman–Crippen LogP) is 5.94. The number of imide groups is 1. The highest BCUT2D eigenvalue weighted by Gasteiger charge is 2.35. The molecule has 1 aliphatic heterocycles. The van der Waals surface area contributed by atoms with E-state index < -0.39 is 11.8 Å². The molecule has 0 unspecified atom stereocenters. The Kier molecular flexibility index (Phi) is 7.17. The van der Waals surface area contributed by atoms with E-state index in [2.05, 4.69) is 20.9 Å². The van der Waals surface area contributed by atoms with E-state index >= 15 is 0 Å². The second kappa shape index (κ2) is 10.4. The fraction of sp³-hybridized carbons (Fsp3) is 0.185. The first kappa shape index (κ1) is 26.2. The van der Waals surface area contributed by atoms with Crippen LogP contribution in [0.4, 0.5) is 5.69 Å². The number of nitrogens with zero attached hydrogens (tertiary/aromatic N) is 4. The maximum absolute atomic E-state index is 13.0. The third-order valence-corrected chi connectivity index (χ3v) is 8.15. The van der Waals surface area contributed by atoms with Gasteiger partial charge in [0.25, 0.3) is 11.8 Å². The van der Waals surface area contributed by atoms with E-state index in [4.69, 9.17) is 27.9 Å². The molecule has 0 saturated carbocycles. The molecule has 0 spiro atoms. The molecule has 38 heavy (non-hydrogen) atoms. The molecule has 1 aliphatic rings. The van der Waals surface area contributed by atoms with E-state index in [-0.39, 0.29) is 30.5 Å². The molecule has 5 rings (SSSR count).